The zero-order valence-electron chi connectivity index (χ0n) is 13.3. The summed E-state index contributed by atoms with van der Waals surface area (Å²) in [5, 5.41) is 15.3. The van der Waals surface area contributed by atoms with Gasteiger partial charge < -0.3 is 21.2 Å². The van der Waals surface area contributed by atoms with Crippen LogP contribution in [0, 0.1) is 17.0 Å². The molecule has 1 heterocycles. The largest absolute Gasteiger partial charge is 0.398 e. The van der Waals surface area contributed by atoms with E-state index in [9.17, 15) is 10.1 Å². The van der Waals surface area contributed by atoms with Gasteiger partial charge in [0.05, 0.1) is 24.8 Å². The highest BCUT2D eigenvalue weighted by atomic mass is 16.6. The molecule has 0 aliphatic carbocycles. The van der Waals surface area contributed by atoms with Crippen LogP contribution in [-0.2, 0) is 0 Å². The molecule has 7 nitrogen and oxygen atoms in total. The number of hydrogen-bond acceptors (Lipinski definition) is 6. The minimum absolute atomic E-state index is 0.0792. The van der Waals surface area contributed by atoms with E-state index in [1.165, 1.54) is 0 Å². The highest BCUT2D eigenvalue weighted by Gasteiger charge is 2.18. The Labute approximate surface area is 135 Å². The average molecular weight is 315 g/mol. The Morgan fingerprint density at radius 3 is 2.91 bits per heavy atom. The number of nitrogens with one attached hydrogen (secondary N) is 1. The van der Waals surface area contributed by atoms with Gasteiger partial charge in [0.15, 0.2) is 0 Å². The van der Waals surface area contributed by atoms with E-state index in [1.807, 2.05) is 38.1 Å². The van der Waals surface area contributed by atoms with Crippen molar-refractivity contribution in [2.24, 2.45) is 5.73 Å². The zero-order chi connectivity index (χ0) is 16.8. The molecule has 0 radical (unpaired) electrons. The molecule has 2 rings (SSSR count). The van der Waals surface area contributed by atoms with Crippen molar-refractivity contribution >= 4 is 16.6 Å². The number of nitrogens with two attached hydrogens (primary N) is 1. The Kier molecular flexibility index (Phi) is 5.35. The van der Waals surface area contributed by atoms with Crippen LogP contribution < -0.4 is 11.1 Å². The summed E-state index contributed by atoms with van der Waals surface area (Å²) in [7, 11) is 0. The highest BCUT2D eigenvalue weighted by Crippen LogP contribution is 2.22. The van der Waals surface area contributed by atoms with E-state index in [4.69, 9.17) is 5.73 Å². The van der Waals surface area contributed by atoms with Crippen molar-refractivity contribution in [1.82, 2.24) is 9.88 Å². The fraction of sp³-hybridized carbons (Fsp3) is 0.312. The molecular weight excluding hydrogens is 294 g/mol. The van der Waals surface area contributed by atoms with Gasteiger partial charge >= 0.3 is 5.82 Å². The van der Waals surface area contributed by atoms with Crippen molar-refractivity contribution in [2.75, 3.05) is 25.0 Å². The van der Waals surface area contributed by atoms with Crippen LogP contribution in [0.1, 0.15) is 12.5 Å². The van der Waals surface area contributed by atoms with Crippen LogP contribution in [0.5, 0.6) is 0 Å². The molecule has 0 unspecified atom stereocenters. The highest BCUT2D eigenvalue weighted by molar-refractivity contribution is 5.91. The first kappa shape index (κ1) is 16.5. The third-order valence-electron chi connectivity index (χ3n) is 3.64. The molecule has 0 saturated heterocycles. The fourth-order valence-electron chi connectivity index (χ4n) is 2.45. The second-order valence-electron chi connectivity index (χ2n) is 5.17. The number of rotatable bonds is 7. The molecule has 122 valence electrons. The second-order valence-corrected chi connectivity index (χ2v) is 5.17. The van der Waals surface area contributed by atoms with E-state index in [0.29, 0.717) is 19.6 Å². The number of fused-ring (bicyclic) bond motifs is 1. The number of hydrogen-bond donors (Lipinski definition) is 2. The maximum Gasteiger partial charge on any atom is 0.333 e. The van der Waals surface area contributed by atoms with Crippen LogP contribution in [0.4, 0.5) is 5.69 Å². The summed E-state index contributed by atoms with van der Waals surface area (Å²) < 4.78 is 0. The normalized spacial score (nSPS) is 11.5. The van der Waals surface area contributed by atoms with Gasteiger partial charge in [-0.15, -0.1) is 0 Å². The lowest BCUT2D eigenvalue weighted by Gasteiger charge is -2.18. The number of nitrogens with zero attached hydrogens (tertiary/aromatic N) is 3. The molecule has 0 bridgehead atoms. The van der Waals surface area contributed by atoms with Gasteiger partial charge in [-0.2, -0.15) is 0 Å². The Morgan fingerprint density at radius 1 is 1.48 bits per heavy atom. The molecule has 7 heteroatoms. The molecule has 1 aromatic heterocycles. The molecule has 0 aliphatic heterocycles. The van der Waals surface area contributed by atoms with E-state index in [0.717, 1.165) is 28.4 Å². The number of aryl methyl sites for hydroxylation is 1. The van der Waals surface area contributed by atoms with Gasteiger partial charge in [-0.1, -0.05) is 12.1 Å². The number of anilines is 1. The number of nitro groups is 1. The second kappa shape index (κ2) is 7.44. The van der Waals surface area contributed by atoms with Gasteiger partial charge in [-0.3, -0.25) is 9.88 Å². The van der Waals surface area contributed by atoms with Crippen molar-refractivity contribution < 1.29 is 4.92 Å². The summed E-state index contributed by atoms with van der Waals surface area (Å²) in [6.45, 7) is 5.44. The quantitative estimate of drug-likeness (QED) is 0.601. The van der Waals surface area contributed by atoms with Crippen molar-refractivity contribution in [1.29, 1.82) is 0 Å². The standard InChI is InChI=1S/C16H21N5O2/c1-3-20(16(11-17)21(22)23)9-8-19-14-6-7-18-15-10-12(2)4-5-13(14)15/h4-7,10-11H,3,8-9,17H2,1-2H3,(H,18,19)/b16-11+. The van der Waals surface area contributed by atoms with E-state index in [2.05, 4.69) is 10.3 Å². The number of pyridine rings is 1. The molecule has 1 aromatic carbocycles. The SMILES string of the molecule is CCN(CCNc1ccnc2cc(C)ccc12)/C(=C\N)[N+](=O)[O-]. The first-order valence-corrected chi connectivity index (χ1v) is 7.47. The third kappa shape index (κ3) is 3.88. The van der Waals surface area contributed by atoms with Crippen LogP contribution in [-0.4, -0.2) is 34.4 Å². The van der Waals surface area contributed by atoms with Crippen molar-refractivity contribution in [2.45, 2.75) is 13.8 Å². The van der Waals surface area contributed by atoms with Crippen LogP contribution in [0.2, 0.25) is 0 Å². The van der Waals surface area contributed by atoms with Crippen LogP contribution in [0.25, 0.3) is 10.9 Å². The van der Waals surface area contributed by atoms with Gasteiger partial charge in [-0.25, -0.2) is 0 Å². The number of likely N-dealkylation sites (N-methyl/N-ethyl adjacent to an activating group) is 1. The molecule has 0 spiro atoms. The third-order valence-corrected chi connectivity index (χ3v) is 3.64. The smallest absolute Gasteiger partial charge is 0.333 e. The summed E-state index contributed by atoms with van der Waals surface area (Å²) in [5.41, 5.74) is 8.39. The first-order chi connectivity index (χ1) is 11.1. The Morgan fingerprint density at radius 2 is 2.26 bits per heavy atom. The lowest BCUT2D eigenvalue weighted by molar-refractivity contribution is -0.446. The minimum atomic E-state index is -0.464. The summed E-state index contributed by atoms with van der Waals surface area (Å²) in [4.78, 5) is 16.5. The minimum Gasteiger partial charge on any atom is -0.398 e. The molecule has 23 heavy (non-hydrogen) atoms. The van der Waals surface area contributed by atoms with E-state index in [-0.39, 0.29) is 5.82 Å². The van der Waals surface area contributed by atoms with E-state index >= 15 is 0 Å². The molecule has 0 saturated carbocycles. The molecule has 2 aromatic rings. The van der Waals surface area contributed by atoms with Crippen molar-refractivity contribution in [3.05, 3.63) is 58.2 Å². The number of benzene rings is 1. The maximum atomic E-state index is 11.0. The predicted molar refractivity (Wildman–Crippen MR) is 91.5 cm³/mol. The average Bonchev–Trinajstić information content (AvgIpc) is 2.53. The van der Waals surface area contributed by atoms with E-state index < -0.39 is 4.92 Å². The van der Waals surface area contributed by atoms with Gasteiger partial charge in [0.2, 0.25) is 0 Å². The van der Waals surface area contributed by atoms with Gasteiger partial charge in [0, 0.05) is 17.3 Å². The van der Waals surface area contributed by atoms with Crippen molar-refractivity contribution in [3.8, 4) is 0 Å². The summed E-state index contributed by atoms with van der Waals surface area (Å²) >= 11 is 0. The van der Waals surface area contributed by atoms with Crippen LogP contribution in [0.3, 0.4) is 0 Å². The monoisotopic (exact) mass is 315 g/mol. The van der Waals surface area contributed by atoms with Gasteiger partial charge in [0.1, 0.15) is 6.54 Å². The van der Waals surface area contributed by atoms with Crippen LogP contribution >= 0.6 is 0 Å². The summed E-state index contributed by atoms with van der Waals surface area (Å²) in [5.74, 6) is -0.0792. The molecule has 0 amide bonds. The van der Waals surface area contributed by atoms with E-state index in [1.54, 1.807) is 11.1 Å². The number of aromatic nitrogens is 1. The Balaban J connectivity index is 2.08. The van der Waals surface area contributed by atoms with Crippen LogP contribution in [0.15, 0.2) is 42.5 Å². The Bertz CT molecular complexity index is 729. The van der Waals surface area contributed by atoms with Gasteiger partial charge in [0.25, 0.3) is 0 Å². The molecule has 0 aliphatic rings. The lowest BCUT2D eigenvalue weighted by atomic mass is 10.1. The predicted octanol–water partition coefficient (Wildman–Crippen LogP) is 2.31. The maximum absolute atomic E-state index is 11.0. The zero-order valence-corrected chi connectivity index (χ0v) is 13.3. The fourth-order valence-corrected chi connectivity index (χ4v) is 2.45. The lowest BCUT2D eigenvalue weighted by Crippen LogP contribution is -2.32. The first-order valence-electron chi connectivity index (χ1n) is 7.47. The molecule has 3 N–H and O–H groups in total. The molecule has 0 atom stereocenters. The summed E-state index contributed by atoms with van der Waals surface area (Å²) in [6, 6.07) is 8.00. The van der Waals surface area contributed by atoms with Crippen molar-refractivity contribution in [3.63, 3.8) is 0 Å². The Hall–Kier alpha value is -2.83. The summed E-state index contributed by atoms with van der Waals surface area (Å²) in [6.07, 6.45) is 2.79. The van der Waals surface area contributed by atoms with Gasteiger partial charge in [-0.05, 0) is 36.5 Å². The topological polar surface area (TPSA) is 97.3 Å². The molecular formula is C16H21N5O2. The molecule has 0 fully saturated rings.